The van der Waals surface area contributed by atoms with Crippen LogP contribution in [0.15, 0.2) is 58.8 Å². The summed E-state index contributed by atoms with van der Waals surface area (Å²) in [7, 11) is 1.57. The predicted molar refractivity (Wildman–Crippen MR) is 107 cm³/mol. The van der Waals surface area contributed by atoms with Crippen LogP contribution in [-0.4, -0.2) is 29.3 Å². The van der Waals surface area contributed by atoms with Gasteiger partial charge in [0.15, 0.2) is 12.3 Å². The molecule has 1 heterocycles. The van der Waals surface area contributed by atoms with Crippen molar-refractivity contribution in [2.45, 2.75) is 26.3 Å². The summed E-state index contributed by atoms with van der Waals surface area (Å²) in [4.78, 5) is 12.0. The van der Waals surface area contributed by atoms with E-state index in [-0.39, 0.29) is 18.2 Å². The lowest BCUT2D eigenvalue weighted by atomic mass is 10.2. The normalized spacial score (nSPS) is 11.2. The highest BCUT2D eigenvalue weighted by atomic mass is 16.5. The molecule has 0 radical (unpaired) electrons. The fourth-order valence-electron chi connectivity index (χ4n) is 2.87. The second-order valence-electron chi connectivity index (χ2n) is 6.26. The summed E-state index contributed by atoms with van der Waals surface area (Å²) in [5.41, 5.74) is 1.06. The third kappa shape index (κ3) is 4.31. The molecule has 3 aromatic rings. The van der Waals surface area contributed by atoms with E-state index >= 15 is 0 Å². The number of nitrogens with zero attached hydrogens (tertiary/aromatic N) is 3. The third-order valence-electron chi connectivity index (χ3n) is 4.32. The van der Waals surface area contributed by atoms with E-state index in [0.29, 0.717) is 23.4 Å². The van der Waals surface area contributed by atoms with Gasteiger partial charge in [-0.3, -0.25) is 4.79 Å². The first-order chi connectivity index (χ1) is 13.6. The van der Waals surface area contributed by atoms with E-state index in [9.17, 15) is 9.90 Å². The van der Waals surface area contributed by atoms with Crippen molar-refractivity contribution in [1.29, 1.82) is 0 Å². The molecular formula is C21H23N3O4. The minimum atomic E-state index is -0.541. The lowest BCUT2D eigenvalue weighted by molar-refractivity contribution is -0.120. The number of hydrogen-bond acceptors (Lipinski definition) is 5. The standard InChI is InChI=1S/C21H23N3O4/c1-3-4-12-24-18-11-10-16(27-2)13-17(18)20(21(24)26)23-22-19(25)14-28-15-8-6-5-7-9-15/h5-11,13,26H,3-4,12,14H2,1-2H3. The van der Waals surface area contributed by atoms with Gasteiger partial charge in [-0.2, -0.15) is 0 Å². The molecule has 7 heteroatoms. The van der Waals surface area contributed by atoms with Crippen LogP contribution in [-0.2, 0) is 11.3 Å². The van der Waals surface area contributed by atoms with E-state index in [2.05, 4.69) is 17.2 Å². The Hall–Kier alpha value is -3.35. The lowest BCUT2D eigenvalue weighted by Crippen LogP contribution is -2.07. The van der Waals surface area contributed by atoms with E-state index in [1.54, 1.807) is 29.9 Å². The van der Waals surface area contributed by atoms with Crippen LogP contribution in [0.25, 0.3) is 10.9 Å². The smallest absolute Gasteiger partial charge is 0.302 e. The number of aryl methyl sites for hydroxylation is 1. The Morgan fingerprint density at radius 1 is 1.14 bits per heavy atom. The van der Waals surface area contributed by atoms with E-state index in [0.717, 1.165) is 18.4 Å². The van der Waals surface area contributed by atoms with Crippen LogP contribution < -0.4 is 9.47 Å². The molecular weight excluding hydrogens is 358 g/mol. The Kier molecular flexibility index (Phi) is 6.26. The molecule has 0 unspecified atom stereocenters. The van der Waals surface area contributed by atoms with Gasteiger partial charge in [0.2, 0.25) is 5.88 Å². The van der Waals surface area contributed by atoms with Gasteiger partial charge in [0.1, 0.15) is 11.5 Å². The minimum Gasteiger partial charge on any atom is -0.497 e. The molecule has 0 bridgehead atoms. The number of methoxy groups -OCH3 is 1. The van der Waals surface area contributed by atoms with Crippen molar-refractivity contribution in [1.82, 2.24) is 4.57 Å². The van der Waals surface area contributed by atoms with Gasteiger partial charge >= 0.3 is 5.91 Å². The number of hydrogen-bond donors (Lipinski definition) is 1. The molecule has 0 saturated heterocycles. The summed E-state index contributed by atoms with van der Waals surface area (Å²) < 4.78 is 12.4. The average molecular weight is 381 g/mol. The van der Waals surface area contributed by atoms with Crippen molar-refractivity contribution in [2.24, 2.45) is 10.2 Å². The molecule has 1 amide bonds. The van der Waals surface area contributed by atoms with E-state index < -0.39 is 5.91 Å². The number of aromatic nitrogens is 1. The van der Waals surface area contributed by atoms with Crippen LogP contribution in [0, 0.1) is 0 Å². The highest BCUT2D eigenvalue weighted by Crippen LogP contribution is 2.40. The van der Waals surface area contributed by atoms with Crippen LogP contribution >= 0.6 is 0 Å². The Morgan fingerprint density at radius 2 is 1.93 bits per heavy atom. The fraction of sp³-hybridized carbons (Fsp3) is 0.286. The summed E-state index contributed by atoms with van der Waals surface area (Å²) in [5, 5.41) is 19.1. The van der Waals surface area contributed by atoms with Gasteiger partial charge in [0, 0.05) is 11.9 Å². The lowest BCUT2D eigenvalue weighted by Gasteiger charge is -2.05. The molecule has 0 atom stereocenters. The maximum Gasteiger partial charge on any atom is 0.302 e. The molecule has 1 aromatic heterocycles. The number of azo groups is 1. The number of amides is 1. The molecule has 3 rings (SSSR count). The SMILES string of the molecule is CCCCn1c(O)c(N=NC(=O)COc2ccccc2)c2cc(OC)ccc21. The van der Waals surface area contributed by atoms with Crippen molar-refractivity contribution in [3.63, 3.8) is 0 Å². The van der Waals surface area contributed by atoms with Crippen molar-refractivity contribution < 1.29 is 19.4 Å². The third-order valence-corrected chi connectivity index (χ3v) is 4.32. The minimum absolute atomic E-state index is 0.0165. The van der Waals surface area contributed by atoms with Crippen LogP contribution in [0.3, 0.4) is 0 Å². The van der Waals surface area contributed by atoms with Crippen LogP contribution in [0.4, 0.5) is 5.69 Å². The monoisotopic (exact) mass is 381 g/mol. The molecule has 0 aliphatic rings. The summed E-state index contributed by atoms with van der Waals surface area (Å²) >= 11 is 0. The molecule has 2 aromatic carbocycles. The Morgan fingerprint density at radius 3 is 2.64 bits per heavy atom. The van der Waals surface area contributed by atoms with Gasteiger partial charge in [0.05, 0.1) is 12.6 Å². The van der Waals surface area contributed by atoms with Gasteiger partial charge in [-0.1, -0.05) is 31.5 Å². The molecule has 0 saturated carbocycles. The van der Waals surface area contributed by atoms with E-state index in [4.69, 9.17) is 9.47 Å². The Balaban J connectivity index is 1.85. The number of rotatable bonds is 8. The van der Waals surface area contributed by atoms with E-state index in [1.807, 2.05) is 30.3 Å². The zero-order valence-electron chi connectivity index (χ0n) is 16.0. The van der Waals surface area contributed by atoms with Crippen molar-refractivity contribution >= 4 is 22.5 Å². The average Bonchev–Trinajstić information content (AvgIpc) is 2.99. The second kappa shape index (κ2) is 9.03. The molecule has 0 aliphatic heterocycles. The van der Waals surface area contributed by atoms with Gasteiger partial charge < -0.3 is 19.1 Å². The number of unbranched alkanes of at least 4 members (excludes halogenated alkanes) is 1. The number of ether oxygens (including phenoxy) is 2. The Bertz CT molecular complexity index is 980. The largest absolute Gasteiger partial charge is 0.497 e. The maximum atomic E-state index is 12.0. The number of aromatic hydroxyl groups is 1. The summed E-state index contributed by atoms with van der Waals surface area (Å²) in [6.45, 7) is 2.50. The van der Waals surface area contributed by atoms with Gasteiger partial charge in [0.25, 0.3) is 0 Å². The zero-order chi connectivity index (χ0) is 19.9. The van der Waals surface area contributed by atoms with Crippen LogP contribution in [0.5, 0.6) is 17.4 Å². The molecule has 0 fully saturated rings. The Labute approximate surface area is 163 Å². The van der Waals surface area contributed by atoms with Gasteiger partial charge in [-0.05, 0) is 36.8 Å². The van der Waals surface area contributed by atoms with Gasteiger partial charge in [-0.25, -0.2) is 0 Å². The van der Waals surface area contributed by atoms with Gasteiger partial charge in [-0.15, -0.1) is 10.2 Å². The first-order valence-corrected chi connectivity index (χ1v) is 9.15. The summed E-state index contributed by atoms with van der Waals surface area (Å²) in [5.74, 6) is 0.656. The number of carbonyl (C=O) groups excluding carboxylic acids is 1. The number of para-hydroxylation sites is 1. The quantitative estimate of drug-likeness (QED) is 0.566. The van der Waals surface area contributed by atoms with Crippen molar-refractivity contribution in [3.8, 4) is 17.4 Å². The molecule has 0 spiro atoms. The maximum absolute atomic E-state index is 12.0. The first kappa shape index (κ1) is 19.4. The fourth-order valence-corrected chi connectivity index (χ4v) is 2.87. The van der Waals surface area contributed by atoms with Crippen LogP contribution in [0.1, 0.15) is 19.8 Å². The van der Waals surface area contributed by atoms with Crippen LogP contribution in [0.2, 0.25) is 0 Å². The highest BCUT2D eigenvalue weighted by molar-refractivity contribution is 5.96. The predicted octanol–water partition coefficient (Wildman–Crippen LogP) is 4.84. The van der Waals surface area contributed by atoms with E-state index in [1.165, 1.54) is 0 Å². The molecule has 28 heavy (non-hydrogen) atoms. The summed E-state index contributed by atoms with van der Waals surface area (Å²) in [6, 6.07) is 14.5. The second-order valence-corrected chi connectivity index (χ2v) is 6.26. The number of benzene rings is 2. The molecule has 146 valence electrons. The molecule has 1 N–H and O–H groups in total. The number of fused-ring (bicyclic) bond motifs is 1. The zero-order valence-corrected chi connectivity index (χ0v) is 16.0. The summed E-state index contributed by atoms with van der Waals surface area (Å²) in [6.07, 6.45) is 1.89. The molecule has 0 aliphatic carbocycles. The first-order valence-electron chi connectivity index (χ1n) is 9.15. The number of carbonyl (C=O) groups is 1. The topological polar surface area (TPSA) is 85.4 Å². The van der Waals surface area contributed by atoms with Crippen molar-refractivity contribution in [3.05, 3.63) is 48.5 Å². The van der Waals surface area contributed by atoms with Crippen molar-refractivity contribution in [2.75, 3.05) is 13.7 Å². The molecule has 7 nitrogen and oxygen atoms in total. The highest BCUT2D eigenvalue weighted by Gasteiger charge is 2.17.